The van der Waals surface area contributed by atoms with Crippen molar-refractivity contribution >= 4 is 38.8 Å². The lowest BCUT2D eigenvalue weighted by molar-refractivity contribution is 0.0896. The molecule has 0 aliphatic carbocycles. The van der Waals surface area contributed by atoms with Crippen LogP contribution in [0.5, 0.6) is 0 Å². The van der Waals surface area contributed by atoms with E-state index in [0.29, 0.717) is 10.4 Å². The molecule has 0 saturated heterocycles. The van der Waals surface area contributed by atoms with Gasteiger partial charge in [0.2, 0.25) is 0 Å². The highest BCUT2D eigenvalue weighted by atomic mass is 79.9. The van der Waals surface area contributed by atoms with Gasteiger partial charge in [0.15, 0.2) is 11.6 Å². The number of ketones is 2. The van der Waals surface area contributed by atoms with Crippen LogP contribution < -0.4 is 0 Å². The van der Waals surface area contributed by atoms with Crippen molar-refractivity contribution in [3.63, 3.8) is 0 Å². The van der Waals surface area contributed by atoms with Crippen LogP contribution in [0.25, 0.3) is 0 Å². The van der Waals surface area contributed by atoms with E-state index in [4.69, 9.17) is 0 Å². The van der Waals surface area contributed by atoms with Gasteiger partial charge in [0, 0.05) is 15.4 Å². The number of hydrogen-bond donors (Lipinski definition) is 0. The number of benzene rings is 1. The minimum atomic E-state index is -0.139. The number of hydrogen-bond acceptors (Lipinski definition) is 3. The van der Waals surface area contributed by atoms with Crippen LogP contribution in [0, 0.1) is 0 Å². The van der Waals surface area contributed by atoms with Crippen molar-refractivity contribution in [3.05, 3.63) is 56.7 Å². The number of Topliss-reactive ketones (excluding diaryl/α,β-unsaturated/α-hetero) is 2. The van der Waals surface area contributed by atoms with Crippen LogP contribution in [-0.2, 0) is 0 Å². The molecule has 0 spiro atoms. The van der Waals surface area contributed by atoms with Gasteiger partial charge in [-0.05, 0) is 22.0 Å². The second-order valence-electron chi connectivity index (χ2n) is 3.52. The van der Waals surface area contributed by atoms with E-state index in [2.05, 4.69) is 15.9 Å². The summed E-state index contributed by atoms with van der Waals surface area (Å²) in [6, 6.07) is 10.6. The number of thiophene rings is 1. The molecule has 2 rings (SSSR count). The molecule has 0 bridgehead atoms. The summed E-state index contributed by atoms with van der Waals surface area (Å²) in [4.78, 5) is 24.2. The summed E-state index contributed by atoms with van der Waals surface area (Å²) in [5, 5.41) is 1.83. The largest absolute Gasteiger partial charge is 0.294 e. The van der Waals surface area contributed by atoms with E-state index >= 15 is 0 Å². The van der Waals surface area contributed by atoms with Crippen molar-refractivity contribution < 1.29 is 9.59 Å². The third-order valence-electron chi connectivity index (χ3n) is 2.26. The van der Waals surface area contributed by atoms with Gasteiger partial charge in [0.05, 0.1) is 11.3 Å². The molecule has 0 N–H and O–H groups in total. The van der Waals surface area contributed by atoms with Crippen molar-refractivity contribution in [2.45, 2.75) is 6.42 Å². The van der Waals surface area contributed by atoms with Crippen molar-refractivity contribution in [3.8, 4) is 0 Å². The normalized spacial score (nSPS) is 10.2. The lowest BCUT2D eigenvalue weighted by Crippen LogP contribution is -2.07. The molecule has 1 aromatic heterocycles. The summed E-state index contributed by atoms with van der Waals surface area (Å²) >= 11 is 4.63. The van der Waals surface area contributed by atoms with Crippen molar-refractivity contribution in [1.29, 1.82) is 0 Å². The highest BCUT2D eigenvalue weighted by Gasteiger charge is 2.14. The molecule has 0 fully saturated rings. The van der Waals surface area contributed by atoms with Crippen LogP contribution >= 0.6 is 27.3 Å². The van der Waals surface area contributed by atoms with Gasteiger partial charge < -0.3 is 0 Å². The fourth-order valence-corrected chi connectivity index (χ4v) is 2.79. The summed E-state index contributed by atoms with van der Waals surface area (Å²) in [6.45, 7) is 0. The molecular formula is C13H9BrO2S. The van der Waals surface area contributed by atoms with E-state index in [1.165, 1.54) is 11.3 Å². The van der Waals surface area contributed by atoms with E-state index in [1.807, 2.05) is 11.4 Å². The van der Waals surface area contributed by atoms with Gasteiger partial charge in [-0.1, -0.05) is 30.3 Å². The van der Waals surface area contributed by atoms with Crippen LogP contribution in [0.15, 0.2) is 46.3 Å². The average molecular weight is 309 g/mol. The molecule has 17 heavy (non-hydrogen) atoms. The van der Waals surface area contributed by atoms with Crippen LogP contribution in [-0.4, -0.2) is 11.6 Å². The lowest BCUT2D eigenvalue weighted by atomic mass is 10.1. The Morgan fingerprint density at radius 3 is 2.41 bits per heavy atom. The van der Waals surface area contributed by atoms with Crippen LogP contribution in [0.2, 0.25) is 0 Å². The lowest BCUT2D eigenvalue weighted by Gasteiger charge is -1.98. The maximum atomic E-state index is 11.8. The fourth-order valence-electron chi connectivity index (χ4n) is 1.42. The third-order valence-corrected chi connectivity index (χ3v) is 3.99. The van der Waals surface area contributed by atoms with Crippen molar-refractivity contribution in [2.75, 3.05) is 0 Å². The molecule has 4 heteroatoms. The Morgan fingerprint density at radius 2 is 1.82 bits per heavy atom. The Labute approximate surface area is 111 Å². The SMILES string of the molecule is O=C(CC(=O)c1cc(Br)cs1)c1ccccc1. The van der Waals surface area contributed by atoms with E-state index in [-0.39, 0.29) is 18.0 Å². The Balaban J connectivity index is 2.07. The molecule has 1 heterocycles. The van der Waals surface area contributed by atoms with Gasteiger partial charge >= 0.3 is 0 Å². The second-order valence-corrected chi connectivity index (χ2v) is 5.35. The van der Waals surface area contributed by atoms with Gasteiger partial charge in [0.1, 0.15) is 0 Å². The van der Waals surface area contributed by atoms with Gasteiger partial charge in [0.25, 0.3) is 0 Å². The predicted molar refractivity (Wildman–Crippen MR) is 71.7 cm³/mol. The second kappa shape index (κ2) is 5.38. The molecule has 86 valence electrons. The summed E-state index contributed by atoms with van der Waals surface area (Å²) in [7, 11) is 0. The van der Waals surface area contributed by atoms with Gasteiger partial charge in [-0.3, -0.25) is 9.59 Å². The summed E-state index contributed by atoms with van der Waals surface area (Å²) in [5.74, 6) is -0.269. The smallest absolute Gasteiger partial charge is 0.180 e. The van der Waals surface area contributed by atoms with E-state index in [9.17, 15) is 9.59 Å². The molecule has 0 aliphatic heterocycles. The molecule has 0 saturated carbocycles. The molecule has 1 aromatic carbocycles. The van der Waals surface area contributed by atoms with E-state index < -0.39 is 0 Å². The van der Waals surface area contributed by atoms with Gasteiger partial charge in [-0.15, -0.1) is 11.3 Å². The maximum absolute atomic E-state index is 11.8. The van der Waals surface area contributed by atoms with Crippen LogP contribution in [0.3, 0.4) is 0 Å². The summed E-state index contributed by atoms with van der Waals surface area (Å²) in [5.41, 5.74) is 0.580. The molecule has 0 radical (unpaired) electrons. The molecule has 0 unspecified atom stereocenters. The zero-order valence-corrected chi connectivity index (χ0v) is 11.3. The number of carbonyl (C=O) groups excluding carboxylic acids is 2. The molecule has 2 nitrogen and oxygen atoms in total. The minimum Gasteiger partial charge on any atom is -0.294 e. The van der Waals surface area contributed by atoms with E-state index in [0.717, 1.165) is 4.47 Å². The first-order valence-corrected chi connectivity index (χ1v) is 6.69. The number of carbonyl (C=O) groups is 2. The summed E-state index contributed by atoms with van der Waals surface area (Å²) < 4.78 is 0.873. The monoisotopic (exact) mass is 308 g/mol. The first-order chi connectivity index (χ1) is 8.16. The predicted octanol–water partition coefficient (Wildman–Crippen LogP) is 3.97. The summed E-state index contributed by atoms with van der Waals surface area (Å²) in [6.07, 6.45) is -0.0725. The van der Waals surface area contributed by atoms with Gasteiger partial charge in [-0.25, -0.2) is 0 Å². The Hall–Kier alpha value is -1.26. The highest BCUT2D eigenvalue weighted by molar-refractivity contribution is 9.10. The fraction of sp³-hybridized carbons (Fsp3) is 0.0769. The van der Waals surface area contributed by atoms with Crippen molar-refractivity contribution in [2.24, 2.45) is 0 Å². The molecular weight excluding hydrogens is 300 g/mol. The van der Waals surface area contributed by atoms with E-state index in [1.54, 1.807) is 30.3 Å². The quantitative estimate of drug-likeness (QED) is 0.632. The van der Waals surface area contributed by atoms with Crippen LogP contribution in [0.4, 0.5) is 0 Å². The molecule has 2 aromatic rings. The Morgan fingerprint density at radius 1 is 1.12 bits per heavy atom. The molecule has 0 atom stereocenters. The van der Waals surface area contributed by atoms with Crippen LogP contribution in [0.1, 0.15) is 26.5 Å². The number of halogens is 1. The molecule has 0 aliphatic rings. The third kappa shape index (κ3) is 3.11. The standard InChI is InChI=1S/C13H9BrO2S/c14-10-6-13(17-8-10)12(16)7-11(15)9-4-2-1-3-5-9/h1-6,8H,7H2. The Bertz CT molecular complexity index is 546. The zero-order valence-electron chi connectivity index (χ0n) is 8.85. The molecule has 0 amide bonds. The van der Waals surface area contributed by atoms with Crippen molar-refractivity contribution in [1.82, 2.24) is 0 Å². The average Bonchev–Trinajstić information content (AvgIpc) is 2.77. The maximum Gasteiger partial charge on any atom is 0.180 e. The van der Waals surface area contributed by atoms with Gasteiger partial charge in [-0.2, -0.15) is 0 Å². The Kier molecular flexibility index (Phi) is 3.86. The topological polar surface area (TPSA) is 34.1 Å². The highest BCUT2D eigenvalue weighted by Crippen LogP contribution is 2.21. The minimum absolute atomic E-state index is 0.0725. The first-order valence-electron chi connectivity index (χ1n) is 5.02. The first kappa shape index (κ1) is 12.2. The zero-order chi connectivity index (χ0) is 12.3. The number of rotatable bonds is 4.